The van der Waals surface area contributed by atoms with Crippen molar-refractivity contribution in [2.24, 2.45) is 11.5 Å². The number of hydrogen-bond acceptors (Lipinski definition) is 8. The van der Waals surface area contributed by atoms with Gasteiger partial charge in [0.2, 0.25) is 23.6 Å². The molecule has 1 rings (SSSR count). The molecular formula is C20H27N5O9. The molecule has 0 aliphatic rings. The van der Waals surface area contributed by atoms with E-state index in [1.165, 1.54) is 24.3 Å². The third-order valence-electron chi connectivity index (χ3n) is 4.51. The number of amides is 4. The fourth-order valence-electron chi connectivity index (χ4n) is 2.81. The van der Waals surface area contributed by atoms with Crippen molar-refractivity contribution >= 4 is 35.6 Å². The summed E-state index contributed by atoms with van der Waals surface area (Å²) in [4.78, 5) is 70.7. The van der Waals surface area contributed by atoms with Crippen molar-refractivity contribution < 1.29 is 44.1 Å². The van der Waals surface area contributed by atoms with Crippen LogP contribution >= 0.6 is 0 Å². The number of phenolic OH excluding ortho intramolecular Hbond substituents is 1. The Balaban J connectivity index is 3.07. The number of primary amides is 1. The van der Waals surface area contributed by atoms with Crippen molar-refractivity contribution in [2.75, 3.05) is 6.54 Å². The number of rotatable bonds is 14. The van der Waals surface area contributed by atoms with Gasteiger partial charge in [-0.05, 0) is 24.1 Å². The van der Waals surface area contributed by atoms with Crippen LogP contribution < -0.4 is 27.4 Å². The van der Waals surface area contributed by atoms with Crippen LogP contribution in [0.25, 0.3) is 0 Å². The lowest BCUT2D eigenvalue weighted by Gasteiger charge is -2.24. The molecule has 4 amide bonds. The topological polar surface area (TPSA) is 251 Å². The minimum Gasteiger partial charge on any atom is -0.508 e. The van der Waals surface area contributed by atoms with Crippen molar-refractivity contribution in [3.63, 3.8) is 0 Å². The molecule has 0 radical (unpaired) electrons. The lowest BCUT2D eigenvalue weighted by molar-refractivity contribution is -0.144. The number of hydrogen-bond donors (Lipinski definition) is 8. The molecule has 14 nitrogen and oxygen atoms in total. The first-order valence-corrected chi connectivity index (χ1v) is 10.0. The molecule has 0 aromatic heterocycles. The highest BCUT2D eigenvalue weighted by Gasteiger charge is 2.30. The van der Waals surface area contributed by atoms with E-state index in [4.69, 9.17) is 21.7 Å². The molecule has 0 bridgehead atoms. The van der Waals surface area contributed by atoms with E-state index in [2.05, 4.69) is 10.6 Å². The molecule has 0 saturated heterocycles. The zero-order valence-electron chi connectivity index (χ0n) is 18.0. The Kier molecular flexibility index (Phi) is 10.9. The largest absolute Gasteiger partial charge is 0.508 e. The highest BCUT2D eigenvalue weighted by atomic mass is 16.4. The van der Waals surface area contributed by atoms with Crippen LogP contribution in [-0.2, 0) is 35.2 Å². The summed E-state index contributed by atoms with van der Waals surface area (Å²) < 4.78 is 0. The summed E-state index contributed by atoms with van der Waals surface area (Å²) in [6, 6.07) is 1.29. The van der Waals surface area contributed by atoms with Gasteiger partial charge in [0.15, 0.2) is 0 Å². The number of carbonyl (C=O) groups is 6. The summed E-state index contributed by atoms with van der Waals surface area (Å²) in [5, 5.41) is 34.3. The Morgan fingerprint density at radius 1 is 0.853 bits per heavy atom. The SMILES string of the molecule is NCC(=O)NC(Cc1ccc(O)cc1)C(=O)NC(CCC(=O)O)C(=O)NC(CC(N)=O)C(=O)O. The highest BCUT2D eigenvalue weighted by molar-refractivity contribution is 5.94. The van der Waals surface area contributed by atoms with E-state index >= 15 is 0 Å². The lowest BCUT2D eigenvalue weighted by Crippen LogP contribution is -2.57. The molecule has 0 fully saturated rings. The number of carboxylic acids is 2. The van der Waals surface area contributed by atoms with Crippen LogP contribution in [0.3, 0.4) is 0 Å². The second-order valence-corrected chi connectivity index (χ2v) is 7.26. The molecule has 1 aromatic rings. The Labute approximate surface area is 193 Å². The van der Waals surface area contributed by atoms with Gasteiger partial charge in [0.1, 0.15) is 23.9 Å². The molecule has 0 spiro atoms. The van der Waals surface area contributed by atoms with Gasteiger partial charge in [0.05, 0.1) is 13.0 Å². The predicted molar refractivity (Wildman–Crippen MR) is 115 cm³/mol. The number of nitrogens with one attached hydrogen (secondary N) is 3. The molecule has 1 aromatic carbocycles. The molecule has 14 heteroatoms. The minimum atomic E-state index is -1.70. The molecular weight excluding hydrogens is 454 g/mol. The first kappa shape index (κ1) is 27.8. The molecule has 10 N–H and O–H groups in total. The van der Waals surface area contributed by atoms with Gasteiger partial charge < -0.3 is 42.7 Å². The van der Waals surface area contributed by atoms with E-state index in [1.54, 1.807) is 0 Å². The van der Waals surface area contributed by atoms with E-state index in [0.29, 0.717) is 5.56 Å². The van der Waals surface area contributed by atoms with E-state index in [1.807, 2.05) is 5.32 Å². The van der Waals surface area contributed by atoms with Crippen LogP contribution in [0, 0.1) is 0 Å². The van der Waals surface area contributed by atoms with Crippen LogP contribution in [0.15, 0.2) is 24.3 Å². The number of aromatic hydroxyl groups is 1. The molecule has 34 heavy (non-hydrogen) atoms. The van der Waals surface area contributed by atoms with Gasteiger partial charge in [-0.25, -0.2) is 4.79 Å². The molecule has 0 aliphatic heterocycles. The van der Waals surface area contributed by atoms with Gasteiger partial charge in [-0.2, -0.15) is 0 Å². The molecule has 0 heterocycles. The second-order valence-electron chi connectivity index (χ2n) is 7.26. The number of carbonyl (C=O) groups excluding carboxylic acids is 4. The van der Waals surface area contributed by atoms with Crippen LogP contribution in [0.1, 0.15) is 24.8 Å². The van der Waals surface area contributed by atoms with Crippen LogP contribution in [-0.4, -0.2) is 75.6 Å². The van der Waals surface area contributed by atoms with E-state index in [-0.39, 0.29) is 12.2 Å². The summed E-state index contributed by atoms with van der Waals surface area (Å²) in [6.45, 7) is -0.435. The van der Waals surface area contributed by atoms with Crippen molar-refractivity contribution in [3.05, 3.63) is 29.8 Å². The maximum atomic E-state index is 12.9. The Morgan fingerprint density at radius 3 is 1.91 bits per heavy atom. The first-order valence-electron chi connectivity index (χ1n) is 10.0. The second kappa shape index (κ2) is 13.4. The van der Waals surface area contributed by atoms with Gasteiger partial charge in [-0.15, -0.1) is 0 Å². The van der Waals surface area contributed by atoms with E-state index < -0.39 is 79.5 Å². The van der Waals surface area contributed by atoms with Crippen molar-refractivity contribution in [3.8, 4) is 5.75 Å². The molecule has 0 saturated carbocycles. The summed E-state index contributed by atoms with van der Waals surface area (Å²) in [5.74, 6) is -6.48. The quantitative estimate of drug-likeness (QED) is 0.135. The highest BCUT2D eigenvalue weighted by Crippen LogP contribution is 2.12. The van der Waals surface area contributed by atoms with Crippen LogP contribution in [0.5, 0.6) is 5.75 Å². The van der Waals surface area contributed by atoms with Crippen molar-refractivity contribution in [2.45, 2.75) is 43.8 Å². The Hall–Kier alpha value is -4.20. The molecule has 3 atom stereocenters. The Morgan fingerprint density at radius 2 is 1.41 bits per heavy atom. The number of aliphatic carboxylic acids is 2. The van der Waals surface area contributed by atoms with E-state index in [0.717, 1.165) is 0 Å². The average molecular weight is 481 g/mol. The van der Waals surface area contributed by atoms with Gasteiger partial charge >= 0.3 is 11.9 Å². The van der Waals surface area contributed by atoms with Gasteiger partial charge in [0, 0.05) is 12.8 Å². The summed E-state index contributed by atoms with van der Waals surface area (Å²) in [6.07, 6.45) is -1.75. The van der Waals surface area contributed by atoms with Crippen molar-refractivity contribution in [1.29, 1.82) is 0 Å². The van der Waals surface area contributed by atoms with Gasteiger partial charge in [-0.1, -0.05) is 12.1 Å². The van der Waals surface area contributed by atoms with Gasteiger partial charge in [-0.3, -0.25) is 24.0 Å². The first-order chi connectivity index (χ1) is 15.9. The zero-order valence-corrected chi connectivity index (χ0v) is 18.0. The molecule has 3 unspecified atom stereocenters. The molecule has 0 aliphatic carbocycles. The Bertz CT molecular complexity index is 920. The fraction of sp³-hybridized carbons (Fsp3) is 0.400. The number of phenols is 1. The maximum absolute atomic E-state index is 12.9. The fourth-order valence-corrected chi connectivity index (χ4v) is 2.81. The monoisotopic (exact) mass is 481 g/mol. The third-order valence-corrected chi connectivity index (χ3v) is 4.51. The normalized spacial score (nSPS) is 13.1. The zero-order chi connectivity index (χ0) is 25.8. The van der Waals surface area contributed by atoms with E-state index in [9.17, 15) is 33.9 Å². The summed E-state index contributed by atoms with van der Waals surface area (Å²) in [7, 11) is 0. The standard InChI is InChI=1S/C20H27N5O9/c21-9-16(28)23-13(7-10-1-3-11(26)4-2-10)19(32)24-12(5-6-17(29)30)18(31)25-14(20(33)34)8-15(22)27/h1-4,12-14,26H,5-9,21H2,(H2,22,27)(H,23,28)(H,24,32)(H,25,31)(H,29,30)(H,33,34). The predicted octanol–water partition coefficient (Wildman–Crippen LogP) is -2.83. The third kappa shape index (κ3) is 9.95. The van der Waals surface area contributed by atoms with Crippen LogP contribution in [0.4, 0.5) is 0 Å². The smallest absolute Gasteiger partial charge is 0.326 e. The molecule has 186 valence electrons. The van der Waals surface area contributed by atoms with Crippen LogP contribution in [0.2, 0.25) is 0 Å². The van der Waals surface area contributed by atoms with Crippen molar-refractivity contribution in [1.82, 2.24) is 16.0 Å². The summed E-state index contributed by atoms with van der Waals surface area (Å²) in [5.41, 5.74) is 10.8. The maximum Gasteiger partial charge on any atom is 0.326 e. The summed E-state index contributed by atoms with van der Waals surface area (Å²) >= 11 is 0. The number of benzene rings is 1. The number of nitrogens with two attached hydrogens (primary N) is 2. The minimum absolute atomic E-state index is 0.0231. The average Bonchev–Trinajstić information content (AvgIpc) is 2.76. The lowest BCUT2D eigenvalue weighted by atomic mass is 10.0. The van der Waals surface area contributed by atoms with Gasteiger partial charge in [0.25, 0.3) is 0 Å². The number of carboxylic acid groups (broad SMARTS) is 2.